The van der Waals surface area contributed by atoms with Crippen LogP contribution < -0.4 is 9.64 Å². The number of para-hydroxylation sites is 2. The molecular weight excluding hydrogens is 478 g/mol. The van der Waals surface area contributed by atoms with Crippen molar-refractivity contribution in [2.75, 3.05) is 18.1 Å². The molecule has 5 nitrogen and oxygen atoms in total. The molecule has 0 aliphatic carbocycles. The summed E-state index contributed by atoms with van der Waals surface area (Å²) in [6.45, 7) is 3.99. The third-order valence-electron chi connectivity index (χ3n) is 6.23. The first kappa shape index (κ1) is 21.7. The average molecular weight is 504 g/mol. The molecule has 0 spiro atoms. The number of hydrogen-bond acceptors (Lipinski definition) is 3. The minimum Gasteiger partial charge on any atom is -0.492 e. The van der Waals surface area contributed by atoms with Crippen LogP contribution in [0.2, 0.25) is 0 Å². The lowest BCUT2D eigenvalue weighted by Gasteiger charge is -2.17. The van der Waals surface area contributed by atoms with E-state index < -0.39 is 0 Å². The van der Waals surface area contributed by atoms with Crippen LogP contribution in [0.25, 0.3) is 11.0 Å². The van der Waals surface area contributed by atoms with Gasteiger partial charge in [0, 0.05) is 29.0 Å². The third-order valence-corrected chi connectivity index (χ3v) is 6.76. The molecule has 5 rings (SSSR count). The Labute approximate surface area is 202 Å². The van der Waals surface area contributed by atoms with Crippen LogP contribution in [0.3, 0.4) is 0 Å². The molecule has 1 atom stereocenters. The van der Waals surface area contributed by atoms with E-state index in [1.807, 2.05) is 59.5 Å². The molecule has 6 heteroatoms. The fourth-order valence-electron chi connectivity index (χ4n) is 4.47. The highest BCUT2D eigenvalue weighted by atomic mass is 79.9. The highest BCUT2D eigenvalue weighted by Gasteiger charge is 2.34. The molecular formula is C27H26BrN3O2. The van der Waals surface area contributed by atoms with E-state index in [9.17, 15) is 4.79 Å². The summed E-state index contributed by atoms with van der Waals surface area (Å²) in [6.07, 6.45) is 1.47. The van der Waals surface area contributed by atoms with E-state index in [1.54, 1.807) is 0 Å². The van der Waals surface area contributed by atoms with Gasteiger partial charge in [-0.2, -0.15) is 0 Å². The van der Waals surface area contributed by atoms with Gasteiger partial charge in [0.25, 0.3) is 0 Å². The van der Waals surface area contributed by atoms with Crippen molar-refractivity contribution in [3.63, 3.8) is 0 Å². The van der Waals surface area contributed by atoms with E-state index in [4.69, 9.17) is 9.72 Å². The van der Waals surface area contributed by atoms with Crippen LogP contribution >= 0.6 is 15.9 Å². The van der Waals surface area contributed by atoms with Crippen molar-refractivity contribution in [3.8, 4) is 5.75 Å². The Morgan fingerprint density at radius 3 is 2.55 bits per heavy atom. The van der Waals surface area contributed by atoms with Crippen LogP contribution in [0.4, 0.5) is 5.69 Å². The van der Waals surface area contributed by atoms with Crippen LogP contribution in [0.15, 0.2) is 77.3 Å². The summed E-state index contributed by atoms with van der Waals surface area (Å²) >= 11 is 3.47. The summed E-state index contributed by atoms with van der Waals surface area (Å²) in [5, 5.41) is 0. The second-order valence-corrected chi connectivity index (χ2v) is 9.25. The van der Waals surface area contributed by atoms with Crippen molar-refractivity contribution in [3.05, 3.63) is 88.7 Å². The molecule has 0 bridgehead atoms. The van der Waals surface area contributed by atoms with Crippen molar-refractivity contribution in [2.24, 2.45) is 0 Å². The highest BCUT2D eigenvalue weighted by molar-refractivity contribution is 9.10. The molecule has 3 aromatic carbocycles. The smallest absolute Gasteiger partial charge is 0.227 e. The number of carbonyl (C=O) groups is 1. The zero-order valence-electron chi connectivity index (χ0n) is 18.6. The van der Waals surface area contributed by atoms with Gasteiger partial charge in [0.2, 0.25) is 5.91 Å². The average Bonchev–Trinajstić information content (AvgIpc) is 3.41. The van der Waals surface area contributed by atoms with Crippen LogP contribution in [0.1, 0.15) is 30.7 Å². The maximum absolute atomic E-state index is 12.9. The molecule has 0 N–H and O–H groups in total. The van der Waals surface area contributed by atoms with Gasteiger partial charge in [0.15, 0.2) is 0 Å². The Kier molecular flexibility index (Phi) is 6.18. The first-order valence-electron chi connectivity index (χ1n) is 11.3. The zero-order valence-corrected chi connectivity index (χ0v) is 20.2. The molecule has 2 heterocycles. The van der Waals surface area contributed by atoms with Crippen LogP contribution in [0.5, 0.6) is 5.75 Å². The Morgan fingerprint density at radius 2 is 1.79 bits per heavy atom. The van der Waals surface area contributed by atoms with E-state index in [-0.39, 0.29) is 11.8 Å². The number of imidazole rings is 1. The topological polar surface area (TPSA) is 47.4 Å². The summed E-state index contributed by atoms with van der Waals surface area (Å²) in [5.74, 6) is 2.00. The number of anilines is 1. The molecule has 1 saturated heterocycles. The summed E-state index contributed by atoms with van der Waals surface area (Å²) in [4.78, 5) is 19.7. The summed E-state index contributed by atoms with van der Waals surface area (Å²) in [7, 11) is 0. The lowest BCUT2D eigenvalue weighted by Crippen LogP contribution is -2.24. The van der Waals surface area contributed by atoms with Gasteiger partial charge in [-0.05, 0) is 60.5 Å². The largest absolute Gasteiger partial charge is 0.492 e. The number of ether oxygens (including phenoxy) is 1. The standard InChI is InChI=1S/C27H26BrN3O2/c1-2-19-7-13-23(14-8-19)33-16-15-30-25-6-4-3-5-24(25)29-27(30)20-17-26(32)31(18-20)22-11-9-21(28)10-12-22/h3-14,20H,2,15-18H2,1H3. The zero-order chi connectivity index (χ0) is 22.8. The fourth-order valence-corrected chi connectivity index (χ4v) is 4.73. The molecule has 1 amide bonds. The molecule has 33 heavy (non-hydrogen) atoms. The van der Waals surface area contributed by atoms with E-state index in [2.05, 4.69) is 45.6 Å². The molecule has 0 radical (unpaired) electrons. The van der Waals surface area contributed by atoms with E-state index >= 15 is 0 Å². The first-order chi connectivity index (χ1) is 16.1. The van der Waals surface area contributed by atoms with Crippen LogP contribution in [-0.4, -0.2) is 28.6 Å². The van der Waals surface area contributed by atoms with Gasteiger partial charge in [0.1, 0.15) is 18.2 Å². The van der Waals surface area contributed by atoms with Crippen LogP contribution in [-0.2, 0) is 17.8 Å². The number of nitrogens with zero attached hydrogens (tertiary/aromatic N) is 3. The monoisotopic (exact) mass is 503 g/mol. The Balaban J connectivity index is 1.37. The van der Waals surface area contributed by atoms with E-state index in [0.29, 0.717) is 26.1 Å². The number of amides is 1. The number of benzene rings is 3. The Morgan fingerprint density at radius 1 is 1.03 bits per heavy atom. The van der Waals surface area contributed by atoms with Crippen molar-refractivity contribution >= 4 is 38.6 Å². The number of aryl methyl sites for hydroxylation is 1. The maximum atomic E-state index is 12.9. The van der Waals surface area contributed by atoms with Crippen LogP contribution in [0, 0.1) is 0 Å². The number of carbonyl (C=O) groups excluding carboxylic acids is 1. The van der Waals surface area contributed by atoms with Gasteiger partial charge >= 0.3 is 0 Å². The number of fused-ring (bicyclic) bond motifs is 1. The molecule has 4 aromatic rings. The van der Waals surface area contributed by atoms with E-state index in [0.717, 1.165) is 39.2 Å². The van der Waals surface area contributed by atoms with Crippen molar-refractivity contribution in [2.45, 2.75) is 32.2 Å². The third kappa shape index (κ3) is 4.53. The van der Waals surface area contributed by atoms with Gasteiger partial charge in [-0.15, -0.1) is 0 Å². The molecule has 168 valence electrons. The van der Waals surface area contributed by atoms with Crippen molar-refractivity contribution in [1.82, 2.24) is 9.55 Å². The second kappa shape index (κ2) is 9.40. The Hall–Kier alpha value is -3.12. The van der Waals surface area contributed by atoms with E-state index in [1.165, 1.54) is 5.56 Å². The predicted molar refractivity (Wildman–Crippen MR) is 135 cm³/mol. The molecule has 1 unspecified atom stereocenters. The second-order valence-electron chi connectivity index (χ2n) is 8.34. The lowest BCUT2D eigenvalue weighted by molar-refractivity contribution is -0.117. The quantitative estimate of drug-likeness (QED) is 0.312. The summed E-state index contributed by atoms with van der Waals surface area (Å²) in [6, 6.07) is 24.3. The van der Waals surface area contributed by atoms with Gasteiger partial charge in [-0.1, -0.05) is 47.1 Å². The minimum absolute atomic E-state index is 0.0392. The molecule has 1 aliphatic heterocycles. The molecule has 1 aromatic heterocycles. The predicted octanol–water partition coefficient (Wildman–Crippen LogP) is 5.96. The van der Waals surface area contributed by atoms with Gasteiger partial charge in [0.05, 0.1) is 17.6 Å². The SMILES string of the molecule is CCc1ccc(OCCn2c(C3CC(=O)N(c4ccc(Br)cc4)C3)nc3ccccc32)cc1. The molecule has 1 aliphatic rings. The molecule has 1 fully saturated rings. The number of halogens is 1. The lowest BCUT2D eigenvalue weighted by atomic mass is 10.1. The Bertz CT molecular complexity index is 1270. The van der Waals surface area contributed by atoms with Gasteiger partial charge in [-0.25, -0.2) is 4.98 Å². The number of rotatable bonds is 7. The normalized spacial score (nSPS) is 16.0. The highest BCUT2D eigenvalue weighted by Crippen LogP contribution is 2.33. The van der Waals surface area contributed by atoms with Gasteiger partial charge in [-0.3, -0.25) is 4.79 Å². The van der Waals surface area contributed by atoms with Gasteiger partial charge < -0.3 is 14.2 Å². The van der Waals surface area contributed by atoms with Crippen molar-refractivity contribution in [1.29, 1.82) is 0 Å². The fraction of sp³-hybridized carbons (Fsp3) is 0.259. The number of hydrogen-bond donors (Lipinski definition) is 0. The van der Waals surface area contributed by atoms with Crippen molar-refractivity contribution < 1.29 is 9.53 Å². The first-order valence-corrected chi connectivity index (χ1v) is 12.1. The summed E-state index contributed by atoms with van der Waals surface area (Å²) < 4.78 is 9.26. The maximum Gasteiger partial charge on any atom is 0.227 e. The number of aromatic nitrogens is 2. The summed E-state index contributed by atoms with van der Waals surface area (Å²) in [5.41, 5.74) is 4.25. The minimum atomic E-state index is 0.0392. The molecule has 0 saturated carbocycles.